The number of nitrogens with zero attached hydrogens (tertiary/aromatic N) is 3. The van der Waals surface area contributed by atoms with Crippen LogP contribution in [-0.4, -0.2) is 61.4 Å². The summed E-state index contributed by atoms with van der Waals surface area (Å²) >= 11 is 0. The smallest absolute Gasteiger partial charge is 0.282 e. The molecule has 2 aromatic carbocycles. The first-order valence-corrected chi connectivity index (χ1v) is 11.0. The van der Waals surface area contributed by atoms with Gasteiger partial charge in [0, 0.05) is 19.2 Å². The molecule has 0 saturated carbocycles. The van der Waals surface area contributed by atoms with E-state index in [2.05, 4.69) is 11.9 Å². The Hall–Kier alpha value is -3.26. The molecular formula is C25H27F2N3O3. The zero-order valence-corrected chi connectivity index (χ0v) is 19.0. The predicted molar refractivity (Wildman–Crippen MR) is 122 cm³/mol. The van der Waals surface area contributed by atoms with Gasteiger partial charge in [-0.05, 0) is 69.7 Å². The number of likely N-dealkylation sites (N-methyl/N-ethyl adjacent to an activating group) is 1. The SMILES string of the molecule is CCOc1ccc(C2=C(N(C)C3CCN(C)CC3)C(=O)N(c3ccc(F)c(F)c3)C2=O)cc1. The van der Waals surface area contributed by atoms with E-state index in [0.29, 0.717) is 17.9 Å². The lowest BCUT2D eigenvalue weighted by Gasteiger charge is -2.36. The number of piperidine rings is 1. The van der Waals surface area contributed by atoms with E-state index in [4.69, 9.17) is 4.74 Å². The van der Waals surface area contributed by atoms with Gasteiger partial charge in [-0.25, -0.2) is 13.7 Å². The molecule has 2 amide bonds. The normalized spacial score (nSPS) is 17.8. The second-order valence-corrected chi connectivity index (χ2v) is 8.37. The van der Waals surface area contributed by atoms with Crippen molar-refractivity contribution >= 4 is 23.1 Å². The maximum atomic E-state index is 13.9. The lowest BCUT2D eigenvalue weighted by atomic mass is 10.00. The van der Waals surface area contributed by atoms with Crippen molar-refractivity contribution in [2.75, 3.05) is 38.7 Å². The second-order valence-electron chi connectivity index (χ2n) is 8.37. The number of hydrogen-bond acceptors (Lipinski definition) is 5. The third-order valence-corrected chi connectivity index (χ3v) is 6.26. The number of hydrogen-bond donors (Lipinski definition) is 0. The molecule has 0 aromatic heterocycles. The summed E-state index contributed by atoms with van der Waals surface area (Å²) in [4.78, 5) is 32.1. The van der Waals surface area contributed by atoms with Crippen LogP contribution in [0.15, 0.2) is 48.2 Å². The van der Waals surface area contributed by atoms with Gasteiger partial charge in [0.15, 0.2) is 11.6 Å². The highest BCUT2D eigenvalue weighted by atomic mass is 19.2. The maximum Gasteiger partial charge on any atom is 0.282 e. The van der Waals surface area contributed by atoms with Gasteiger partial charge < -0.3 is 14.5 Å². The molecule has 0 spiro atoms. The molecule has 4 rings (SSSR count). The van der Waals surface area contributed by atoms with Gasteiger partial charge in [-0.3, -0.25) is 9.59 Å². The highest BCUT2D eigenvalue weighted by Crippen LogP contribution is 2.37. The fourth-order valence-electron chi connectivity index (χ4n) is 4.41. The Kier molecular flexibility index (Phi) is 6.47. The topological polar surface area (TPSA) is 53.1 Å². The summed E-state index contributed by atoms with van der Waals surface area (Å²) in [7, 11) is 3.87. The summed E-state index contributed by atoms with van der Waals surface area (Å²) in [5.41, 5.74) is 1.08. The lowest BCUT2D eigenvalue weighted by molar-refractivity contribution is -0.120. The highest BCUT2D eigenvalue weighted by molar-refractivity contribution is 6.45. The molecule has 0 unspecified atom stereocenters. The first-order chi connectivity index (χ1) is 15.8. The van der Waals surface area contributed by atoms with Crippen molar-refractivity contribution in [3.8, 4) is 5.75 Å². The minimum atomic E-state index is -1.12. The first kappa shape index (κ1) is 22.9. The van der Waals surface area contributed by atoms with Gasteiger partial charge >= 0.3 is 0 Å². The van der Waals surface area contributed by atoms with Crippen molar-refractivity contribution in [3.05, 3.63) is 65.4 Å². The number of imide groups is 1. The number of halogens is 2. The van der Waals surface area contributed by atoms with Gasteiger partial charge in [0.05, 0.1) is 17.9 Å². The van der Waals surface area contributed by atoms with Crippen molar-refractivity contribution in [3.63, 3.8) is 0 Å². The van der Waals surface area contributed by atoms with Crippen LogP contribution in [0.4, 0.5) is 14.5 Å². The van der Waals surface area contributed by atoms with Gasteiger partial charge in [-0.2, -0.15) is 0 Å². The molecule has 0 radical (unpaired) electrons. The molecule has 2 aliphatic rings. The van der Waals surface area contributed by atoms with Crippen LogP contribution >= 0.6 is 0 Å². The molecule has 33 heavy (non-hydrogen) atoms. The number of likely N-dealkylation sites (tertiary alicyclic amines) is 1. The van der Waals surface area contributed by atoms with Crippen molar-refractivity contribution < 1.29 is 23.1 Å². The highest BCUT2D eigenvalue weighted by Gasteiger charge is 2.43. The van der Waals surface area contributed by atoms with E-state index in [1.165, 1.54) is 6.07 Å². The van der Waals surface area contributed by atoms with E-state index < -0.39 is 23.4 Å². The number of rotatable bonds is 6. The minimum absolute atomic E-state index is 0.000820. The second kappa shape index (κ2) is 9.31. The lowest BCUT2D eigenvalue weighted by Crippen LogP contribution is -2.43. The Morgan fingerprint density at radius 1 is 1.00 bits per heavy atom. The third kappa shape index (κ3) is 4.35. The minimum Gasteiger partial charge on any atom is -0.494 e. The number of anilines is 1. The average molecular weight is 456 g/mol. The van der Waals surface area contributed by atoms with Crippen LogP contribution in [0.25, 0.3) is 5.57 Å². The van der Waals surface area contributed by atoms with Crippen molar-refractivity contribution in [2.24, 2.45) is 0 Å². The molecule has 6 nitrogen and oxygen atoms in total. The Labute approximate surface area is 192 Å². The maximum absolute atomic E-state index is 13.9. The summed E-state index contributed by atoms with van der Waals surface area (Å²) in [5, 5.41) is 0. The molecule has 2 aromatic rings. The van der Waals surface area contributed by atoms with E-state index in [1.54, 1.807) is 24.3 Å². The summed E-state index contributed by atoms with van der Waals surface area (Å²) in [6.45, 7) is 4.16. The zero-order valence-electron chi connectivity index (χ0n) is 19.0. The molecule has 1 fully saturated rings. The monoisotopic (exact) mass is 455 g/mol. The predicted octanol–water partition coefficient (Wildman–Crippen LogP) is 3.67. The van der Waals surface area contributed by atoms with Crippen molar-refractivity contribution in [2.45, 2.75) is 25.8 Å². The molecular weight excluding hydrogens is 428 g/mol. The number of carbonyl (C=O) groups is 2. The van der Waals surface area contributed by atoms with Crippen LogP contribution in [0.3, 0.4) is 0 Å². The van der Waals surface area contributed by atoms with E-state index >= 15 is 0 Å². The van der Waals surface area contributed by atoms with E-state index in [-0.39, 0.29) is 23.0 Å². The largest absolute Gasteiger partial charge is 0.494 e. The first-order valence-electron chi connectivity index (χ1n) is 11.0. The van der Waals surface area contributed by atoms with Crippen LogP contribution in [0.5, 0.6) is 5.75 Å². The zero-order chi connectivity index (χ0) is 23.7. The average Bonchev–Trinajstić information content (AvgIpc) is 3.06. The van der Waals surface area contributed by atoms with Crippen LogP contribution in [0.1, 0.15) is 25.3 Å². The van der Waals surface area contributed by atoms with Crippen LogP contribution in [0, 0.1) is 11.6 Å². The number of ether oxygens (including phenoxy) is 1. The summed E-state index contributed by atoms with van der Waals surface area (Å²) in [6, 6.07) is 10.1. The van der Waals surface area contributed by atoms with Gasteiger partial charge in [-0.1, -0.05) is 12.1 Å². The Bertz CT molecular complexity index is 1090. The van der Waals surface area contributed by atoms with Crippen molar-refractivity contribution in [1.29, 1.82) is 0 Å². The Morgan fingerprint density at radius 2 is 1.67 bits per heavy atom. The van der Waals surface area contributed by atoms with E-state index in [0.717, 1.165) is 43.0 Å². The van der Waals surface area contributed by atoms with Gasteiger partial charge in [0.2, 0.25) is 0 Å². The van der Waals surface area contributed by atoms with Crippen molar-refractivity contribution in [1.82, 2.24) is 9.80 Å². The molecule has 0 aliphatic carbocycles. The molecule has 0 N–H and O–H groups in total. The molecule has 2 aliphatic heterocycles. The fourth-order valence-corrected chi connectivity index (χ4v) is 4.41. The van der Waals surface area contributed by atoms with Crippen LogP contribution in [0.2, 0.25) is 0 Å². The molecule has 8 heteroatoms. The van der Waals surface area contributed by atoms with Gasteiger partial charge in [0.1, 0.15) is 11.4 Å². The summed E-state index contributed by atoms with van der Waals surface area (Å²) in [5.74, 6) is -2.61. The molecule has 1 saturated heterocycles. The summed E-state index contributed by atoms with van der Waals surface area (Å²) < 4.78 is 32.9. The fraction of sp³-hybridized carbons (Fsp3) is 0.360. The Morgan fingerprint density at radius 3 is 2.27 bits per heavy atom. The number of amides is 2. The standard InChI is InChI=1S/C25H27F2N3O3/c1-4-33-19-8-5-16(6-9-19)22-23(29(3)17-11-13-28(2)14-12-17)25(32)30(24(22)31)18-7-10-20(26)21(27)15-18/h5-10,15,17H,4,11-14H2,1-3H3. The quantitative estimate of drug-likeness (QED) is 0.622. The molecule has 174 valence electrons. The Balaban J connectivity index is 1.77. The van der Waals surface area contributed by atoms with E-state index in [1.807, 2.05) is 18.9 Å². The van der Waals surface area contributed by atoms with Gasteiger partial charge in [0.25, 0.3) is 11.8 Å². The van der Waals surface area contributed by atoms with Gasteiger partial charge in [-0.15, -0.1) is 0 Å². The summed E-state index contributed by atoms with van der Waals surface area (Å²) in [6.07, 6.45) is 1.69. The van der Waals surface area contributed by atoms with E-state index in [9.17, 15) is 18.4 Å². The third-order valence-electron chi connectivity index (χ3n) is 6.26. The molecule has 0 atom stereocenters. The number of carbonyl (C=O) groups excluding carboxylic acids is 2. The molecule has 0 bridgehead atoms. The van der Waals surface area contributed by atoms with Crippen LogP contribution in [-0.2, 0) is 9.59 Å². The van der Waals surface area contributed by atoms with Crippen LogP contribution < -0.4 is 9.64 Å². The molecule has 2 heterocycles. The number of benzene rings is 2.